The van der Waals surface area contributed by atoms with Crippen LogP contribution in [0.2, 0.25) is 0 Å². The summed E-state index contributed by atoms with van der Waals surface area (Å²) < 4.78 is 10.8. The molecule has 0 radical (unpaired) electrons. The third-order valence-electron chi connectivity index (χ3n) is 2.90. The van der Waals surface area contributed by atoms with Gasteiger partial charge in [0.1, 0.15) is 0 Å². The maximum Gasteiger partial charge on any atom is 0.0697 e. The van der Waals surface area contributed by atoms with E-state index in [1.54, 1.807) is 0 Å². The first-order chi connectivity index (χ1) is 5.71. The van der Waals surface area contributed by atoms with Crippen LogP contribution in [-0.2, 0) is 9.47 Å². The van der Waals surface area contributed by atoms with E-state index in [-0.39, 0.29) is 17.6 Å². The van der Waals surface area contributed by atoms with Gasteiger partial charge in [0, 0.05) is 18.4 Å². The van der Waals surface area contributed by atoms with Crippen molar-refractivity contribution in [3.8, 4) is 0 Å². The van der Waals surface area contributed by atoms with Gasteiger partial charge in [-0.3, -0.25) is 0 Å². The summed E-state index contributed by atoms with van der Waals surface area (Å²) in [7, 11) is 0. The molecular weight excluding hydrogens is 156 g/mol. The molecule has 70 valence electrons. The second-order valence-corrected chi connectivity index (χ2v) is 4.18. The van der Waals surface area contributed by atoms with Gasteiger partial charge in [0.25, 0.3) is 0 Å². The highest BCUT2D eigenvalue weighted by atomic mass is 16.5. The van der Waals surface area contributed by atoms with Crippen LogP contribution in [0.25, 0.3) is 0 Å². The van der Waals surface area contributed by atoms with Crippen LogP contribution >= 0.6 is 0 Å². The van der Waals surface area contributed by atoms with Crippen molar-refractivity contribution in [1.82, 2.24) is 0 Å². The lowest BCUT2D eigenvalue weighted by Crippen LogP contribution is -2.52. The highest BCUT2D eigenvalue weighted by Gasteiger charge is 2.44. The molecule has 2 saturated heterocycles. The monoisotopic (exact) mass is 172 g/mol. The molecule has 2 atom stereocenters. The molecule has 0 unspecified atom stereocenters. The Morgan fingerprint density at radius 3 is 2.67 bits per heavy atom. The van der Waals surface area contributed by atoms with E-state index in [1.165, 1.54) is 0 Å². The van der Waals surface area contributed by atoms with E-state index in [2.05, 4.69) is 6.92 Å². The molecule has 0 amide bonds. The summed E-state index contributed by atoms with van der Waals surface area (Å²) in [5.74, 6) is 0. The third kappa shape index (κ3) is 1.37. The fourth-order valence-corrected chi connectivity index (χ4v) is 1.87. The zero-order chi connectivity index (χ0) is 8.60. The minimum Gasteiger partial charge on any atom is -0.393 e. The van der Waals surface area contributed by atoms with Crippen molar-refractivity contribution in [3.05, 3.63) is 0 Å². The van der Waals surface area contributed by atoms with Crippen LogP contribution in [0.1, 0.15) is 19.8 Å². The highest BCUT2D eigenvalue weighted by Crippen LogP contribution is 2.36. The zero-order valence-electron chi connectivity index (χ0n) is 7.45. The van der Waals surface area contributed by atoms with Gasteiger partial charge in [-0.2, -0.15) is 0 Å². The van der Waals surface area contributed by atoms with Crippen LogP contribution in [0.4, 0.5) is 0 Å². The second kappa shape index (κ2) is 2.98. The summed E-state index contributed by atoms with van der Waals surface area (Å²) in [5.41, 5.74) is 0.168. The summed E-state index contributed by atoms with van der Waals surface area (Å²) in [6, 6.07) is 0. The van der Waals surface area contributed by atoms with Crippen LogP contribution in [-0.4, -0.2) is 37.1 Å². The van der Waals surface area contributed by atoms with E-state index in [9.17, 15) is 5.11 Å². The normalized spacial score (nSPS) is 40.5. The Hall–Kier alpha value is -0.120. The molecular formula is C9H16O3. The number of hydrogen-bond acceptors (Lipinski definition) is 3. The van der Waals surface area contributed by atoms with Crippen molar-refractivity contribution in [2.45, 2.75) is 32.0 Å². The smallest absolute Gasteiger partial charge is 0.0697 e. The van der Waals surface area contributed by atoms with E-state index in [4.69, 9.17) is 9.47 Å². The SMILES string of the molecule is CC1([C@@H]2C[C@@H](O)CCO2)COC1. The van der Waals surface area contributed by atoms with Crippen molar-refractivity contribution in [3.63, 3.8) is 0 Å². The average molecular weight is 172 g/mol. The van der Waals surface area contributed by atoms with Crippen LogP contribution in [0.5, 0.6) is 0 Å². The molecule has 2 heterocycles. The average Bonchev–Trinajstić information content (AvgIpc) is 2.00. The lowest BCUT2D eigenvalue weighted by Gasteiger charge is -2.46. The van der Waals surface area contributed by atoms with E-state index in [0.29, 0.717) is 6.61 Å². The summed E-state index contributed by atoms with van der Waals surface area (Å²) >= 11 is 0. The molecule has 0 aliphatic carbocycles. The van der Waals surface area contributed by atoms with Gasteiger partial charge >= 0.3 is 0 Å². The summed E-state index contributed by atoms with van der Waals surface area (Å²) in [5, 5.41) is 9.44. The van der Waals surface area contributed by atoms with Crippen molar-refractivity contribution in [2.24, 2.45) is 5.41 Å². The van der Waals surface area contributed by atoms with E-state index in [1.807, 2.05) is 0 Å². The number of aliphatic hydroxyl groups excluding tert-OH is 1. The predicted octanol–water partition coefficient (Wildman–Crippen LogP) is 0.563. The molecule has 2 rings (SSSR count). The van der Waals surface area contributed by atoms with Gasteiger partial charge in [-0.1, -0.05) is 6.92 Å². The van der Waals surface area contributed by atoms with Gasteiger partial charge in [0.2, 0.25) is 0 Å². The number of hydrogen-bond donors (Lipinski definition) is 1. The van der Waals surface area contributed by atoms with E-state index in [0.717, 1.165) is 26.1 Å². The van der Waals surface area contributed by atoms with Gasteiger partial charge in [0.05, 0.1) is 25.4 Å². The van der Waals surface area contributed by atoms with Gasteiger partial charge in [0.15, 0.2) is 0 Å². The quantitative estimate of drug-likeness (QED) is 0.628. The first-order valence-electron chi connectivity index (χ1n) is 4.58. The Morgan fingerprint density at radius 2 is 2.17 bits per heavy atom. The summed E-state index contributed by atoms with van der Waals surface area (Å²) in [6.45, 7) is 4.43. The Labute approximate surface area is 72.7 Å². The lowest BCUT2D eigenvalue weighted by molar-refractivity contribution is -0.199. The molecule has 2 aliphatic heterocycles. The Kier molecular flexibility index (Phi) is 2.10. The first kappa shape index (κ1) is 8.48. The minimum atomic E-state index is -0.166. The Morgan fingerprint density at radius 1 is 1.42 bits per heavy atom. The number of aliphatic hydroxyl groups is 1. The molecule has 3 heteroatoms. The third-order valence-corrected chi connectivity index (χ3v) is 2.90. The molecule has 0 aromatic carbocycles. The van der Waals surface area contributed by atoms with Crippen molar-refractivity contribution in [2.75, 3.05) is 19.8 Å². The Bertz CT molecular complexity index is 165. The largest absolute Gasteiger partial charge is 0.393 e. The number of rotatable bonds is 1. The molecule has 2 fully saturated rings. The van der Waals surface area contributed by atoms with Crippen molar-refractivity contribution >= 4 is 0 Å². The van der Waals surface area contributed by atoms with Crippen molar-refractivity contribution in [1.29, 1.82) is 0 Å². The van der Waals surface area contributed by atoms with E-state index >= 15 is 0 Å². The van der Waals surface area contributed by atoms with Gasteiger partial charge in [-0.05, 0) is 6.42 Å². The highest BCUT2D eigenvalue weighted by molar-refractivity contribution is 4.91. The zero-order valence-corrected chi connectivity index (χ0v) is 7.45. The molecule has 3 nitrogen and oxygen atoms in total. The fraction of sp³-hybridized carbons (Fsp3) is 1.00. The maximum absolute atomic E-state index is 9.44. The van der Waals surface area contributed by atoms with Gasteiger partial charge in [-0.25, -0.2) is 0 Å². The molecule has 0 aromatic rings. The topological polar surface area (TPSA) is 38.7 Å². The maximum atomic E-state index is 9.44. The molecule has 0 saturated carbocycles. The molecule has 0 spiro atoms. The van der Waals surface area contributed by atoms with Crippen LogP contribution in [0.15, 0.2) is 0 Å². The van der Waals surface area contributed by atoms with Gasteiger partial charge < -0.3 is 14.6 Å². The number of ether oxygens (including phenoxy) is 2. The van der Waals surface area contributed by atoms with Crippen molar-refractivity contribution < 1.29 is 14.6 Å². The molecule has 1 N–H and O–H groups in total. The first-order valence-corrected chi connectivity index (χ1v) is 4.58. The standard InChI is InChI=1S/C9H16O3/c1-9(5-11-6-9)8-4-7(10)2-3-12-8/h7-8,10H,2-6H2,1H3/t7-,8-/m0/s1. The van der Waals surface area contributed by atoms with Crippen LogP contribution in [0, 0.1) is 5.41 Å². The minimum absolute atomic E-state index is 0.166. The predicted molar refractivity (Wildman–Crippen MR) is 43.9 cm³/mol. The molecule has 0 bridgehead atoms. The fourth-order valence-electron chi connectivity index (χ4n) is 1.87. The van der Waals surface area contributed by atoms with Crippen LogP contribution in [0.3, 0.4) is 0 Å². The second-order valence-electron chi connectivity index (χ2n) is 4.18. The molecule has 12 heavy (non-hydrogen) atoms. The van der Waals surface area contributed by atoms with Gasteiger partial charge in [-0.15, -0.1) is 0 Å². The van der Waals surface area contributed by atoms with Crippen LogP contribution < -0.4 is 0 Å². The Balaban J connectivity index is 1.94. The summed E-state index contributed by atoms with van der Waals surface area (Å²) in [6.07, 6.45) is 1.60. The summed E-state index contributed by atoms with van der Waals surface area (Å²) in [4.78, 5) is 0. The lowest BCUT2D eigenvalue weighted by atomic mass is 9.78. The molecule has 0 aromatic heterocycles. The molecule has 2 aliphatic rings. The van der Waals surface area contributed by atoms with E-state index < -0.39 is 0 Å².